The van der Waals surface area contributed by atoms with E-state index in [-0.39, 0.29) is 0 Å². The van der Waals surface area contributed by atoms with E-state index in [2.05, 4.69) is 23.3 Å². The number of rotatable bonds is 5. The normalized spacial score (nSPS) is 16.5. The molecular formula is C16H21N3. The standard InChI is InChI=1S/C16H21N3/c1-2-12(9-11-3-4-11)19-16-6-5-15(17)14-10-18-8-7-13(14)16/h5-8,10-12,19H,2-4,9,17H2,1H3. The molecule has 3 heteroatoms. The van der Waals surface area contributed by atoms with Gasteiger partial charge < -0.3 is 11.1 Å². The van der Waals surface area contributed by atoms with Crippen LogP contribution in [-0.2, 0) is 0 Å². The lowest BCUT2D eigenvalue weighted by molar-refractivity contribution is 0.587. The van der Waals surface area contributed by atoms with Crippen LogP contribution in [0.5, 0.6) is 0 Å². The van der Waals surface area contributed by atoms with E-state index >= 15 is 0 Å². The Labute approximate surface area is 114 Å². The molecule has 1 heterocycles. The number of hydrogen-bond donors (Lipinski definition) is 2. The van der Waals surface area contributed by atoms with Crippen LogP contribution >= 0.6 is 0 Å². The summed E-state index contributed by atoms with van der Waals surface area (Å²) in [5, 5.41) is 5.89. The summed E-state index contributed by atoms with van der Waals surface area (Å²) in [5.74, 6) is 0.944. The van der Waals surface area contributed by atoms with Gasteiger partial charge in [0.2, 0.25) is 0 Å². The molecule has 19 heavy (non-hydrogen) atoms. The van der Waals surface area contributed by atoms with Crippen LogP contribution < -0.4 is 11.1 Å². The van der Waals surface area contributed by atoms with Crippen molar-refractivity contribution in [2.45, 2.75) is 38.6 Å². The first-order chi connectivity index (χ1) is 9.28. The fourth-order valence-corrected chi connectivity index (χ4v) is 2.64. The molecule has 3 nitrogen and oxygen atoms in total. The Morgan fingerprint density at radius 2 is 2.16 bits per heavy atom. The summed E-state index contributed by atoms with van der Waals surface area (Å²) < 4.78 is 0. The summed E-state index contributed by atoms with van der Waals surface area (Å²) in [6, 6.07) is 6.66. The zero-order valence-electron chi connectivity index (χ0n) is 11.4. The van der Waals surface area contributed by atoms with Crippen molar-refractivity contribution in [1.29, 1.82) is 0 Å². The molecule has 1 fully saturated rings. The van der Waals surface area contributed by atoms with Crippen LogP contribution in [0.15, 0.2) is 30.6 Å². The lowest BCUT2D eigenvalue weighted by atomic mass is 10.0. The molecule has 0 saturated heterocycles. The Kier molecular flexibility index (Phi) is 3.28. The van der Waals surface area contributed by atoms with Crippen LogP contribution in [0.1, 0.15) is 32.6 Å². The van der Waals surface area contributed by atoms with Crippen LogP contribution in [-0.4, -0.2) is 11.0 Å². The molecule has 3 rings (SSSR count). The summed E-state index contributed by atoms with van der Waals surface area (Å²) in [4.78, 5) is 4.16. The van der Waals surface area contributed by atoms with Gasteiger partial charge >= 0.3 is 0 Å². The first-order valence-corrected chi connectivity index (χ1v) is 7.16. The number of anilines is 2. The number of fused-ring (bicyclic) bond motifs is 1. The minimum atomic E-state index is 0.562. The third kappa shape index (κ3) is 2.65. The number of nitrogens with zero attached hydrogens (tertiary/aromatic N) is 1. The molecule has 1 saturated carbocycles. The molecule has 1 atom stereocenters. The van der Waals surface area contributed by atoms with Crippen LogP contribution in [0.25, 0.3) is 10.8 Å². The maximum absolute atomic E-state index is 6.01. The van der Waals surface area contributed by atoms with Gasteiger partial charge in [-0.15, -0.1) is 0 Å². The highest BCUT2D eigenvalue weighted by Crippen LogP contribution is 2.35. The highest BCUT2D eigenvalue weighted by atomic mass is 14.9. The number of benzene rings is 1. The highest BCUT2D eigenvalue weighted by molar-refractivity contribution is 6.00. The summed E-state index contributed by atoms with van der Waals surface area (Å²) in [7, 11) is 0. The zero-order valence-corrected chi connectivity index (χ0v) is 11.4. The average molecular weight is 255 g/mol. The first-order valence-electron chi connectivity index (χ1n) is 7.16. The Morgan fingerprint density at radius 3 is 2.89 bits per heavy atom. The second kappa shape index (κ2) is 5.08. The van der Waals surface area contributed by atoms with Crippen molar-refractivity contribution in [1.82, 2.24) is 4.98 Å². The third-order valence-corrected chi connectivity index (χ3v) is 4.02. The van der Waals surface area contributed by atoms with Crippen LogP contribution in [0, 0.1) is 5.92 Å². The molecular weight excluding hydrogens is 234 g/mol. The van der Waals surface area contributed by atoms with Crippen molar-refractivity contribution < 1.29 is 0 Å². The molecule has 1 aliphatic rings. The van der Waals surface area contributed by atoms with Gasteiger partial charge in [0, 0.05) is 40.6 Å². The maximum Gasteiger partial charge on any atom is 0.0424 e. The number of aromatic nitrogens is 1. The van der Waals surface area contributed by atoms with Crippen molar-refractivity contribution in [3.63, 3.8) is 0 Å². The van der Waals surface area contributed by atoms with E-state index in [0.29, 0.717) is 6.04 Å². The number of nitrogens with two attached hydrogens (primary N) is 1. The number of pyridine rings is 1. The Balaban J connectivity index is 1.89. The lowest BCUT2D eigenvalue weighted by Crippen LogP contribution is -2.19. The molecule has 0 amide bonds. The lowest BCUT2D eigenvalue weighted by Gasteiger charge is -2.19. The van der Waals surface area contributed by atoms with E-state index in [1.165, 1.54) is 30.3 Å². The van der Waals surface area contributed by atoms with Gasteiger partial charge in [-0.25, -0.2) is 0 Å². The van der Waals surface area contributed by atoms with Gasteiger partial charge in [-0.1, -0.05) is 19.8 Å². The van der Waals surface area contributed by atoms with Crippen molar-refractivity contribution in [3.05, 3.63) is 30.6 Å². The van der Waals surface area contributed by atoms with E-state index in [1.807, 2.05) is 24.5 Å². The smallest absolute Gasteiger partial charge is 0.0424 e. The summed E-state index contributed by atoms with van der Waals surface area (Å²) in [6.07, 6.45) is 8.93. The average Bonchev–Trinajstić information content (AvgIpc) is 3.25. The van der Waals surface area contributed by atoms with Crippen LogP contribution in [0.2, 0.25) is 0 Å². The topological polar surface area (TPSA) is 50.9 Å². The molecule has 1 aromatic carbocycles. The van der Waals surface area contributed by atoms with Gasteiger partial charge in [-0.3, -0.25) is 4.98 Å². The number of nitrogen functional groups attached to an aromatic ring is 1. The van der Waals surface area contributed by atoms with Crippen molar-refractivity contribution in [2.75, 3.05) is 11.1 Å². The molecule has 1 aliphatic carbocycles. The molecule has 3 N–H and O–H groups in total. The first kappa shape index (κ1) is 12.3. The van der Waals surface area contributed by atoms with E-state index in [1.54, 1.807) is 0 Å². The molecule has 0 spiro atoms. The molecule has 1 unspecified atom stereocenters. The van der Waals surface area contributed by atoms with Crippen molar-refractivity contribution >= 4 is 22.1 Å². The van der Waals surface area contributed by atoms with Gasteiger partial charge in [0.15, 0.2) is 0 Å². The molecule has 0 bridgehead atoms. The number of nitrogens with one attached hydrogen (secondary N) is 1. The highest BCUT2D eigenvalue weighted by Gasteiger charge is 2.24. The van der Waals surface area contributed by atoms with Crippen LogP contribution in [0.4, 0.5) is 11.4 Å². The second-order valence-electron chi connectivity index (χ2n) is 5.55. The Morgan fingerprint density at radius 1 is 1.32 bits per heavy atom. The third-order valence-electron chi connectivity index (χ3n) is 4.02. The van der Waals surface area contributed by atoms with Gasteiger partial charge in [0.05, 0.1) is 0 Å². The van der Waals surface area contributed by atoms with E-state index < -0.39 is 0 Å². The fraction of sp³-hybridized carbons (Fsp3) is 0.438. The Bertz CT molecular complexity index is 575. The molecule has 2 aromatic rings. The van der Waals surface area contributed by atoms with E-state index in [0.717, 1.165) is 23.4 Å². The van der Waals surface area contributed by atoms with Gasteiger partial charge in [-0.05, 0) is 37.0 Å². The maximum atomic E-state index is 6.01. The zero-order chi connectivity index (χ0) is 13.2. The minimum Gasteiger partial charge on any atom is -0.398 e. The number of hydrogen-bond acceptors (Lipinski definition) is 3. The van der Waals surface area contributed by atoms with Crippen molar-refractivity contribution in [2.24, 2.45) is 5.92 Å². The monoisotopic (exact) mass is 255 g/mol. The second-order valence-corrected chi connectivity index (χ2v) is 5.55. The quantitative estimate of drug-likeness (QED) is 0.799. The van der Waals surface area contributed by atoms with Gasteiger partial charge in [0.25, 0.3) is 0 Å². The van der Waals surface area contributed by atoms with Gasteiger partial charge in [-0.2, -0.15) is 0 Å². The Hall–Kier alpha value is -1.77. The van der Waals surface area contributed by atoms with Gasteiger partial charge in [0.1, 0.15) is 0 Å². The predicted molar refractivity (Wildman–Crippen MR) is 81.2 cm³/mol. The SMILES string of the molecule is CCC(CC1CC1)Nc1ccc(N)c2cnccc12. The molecule has 0 aliphatic heterocycles. The minimum absolute atomic E-state index is 0.562. The largest absolute Gasteiger partial charge is 0.398 e. The van der Waals surface area contributed by atoms with Crippen LogP contribution in [0.3, 0.4) is 0 Å². The molecule has 100 valence electrons. The molecule has 0 radical (unpaired) electrons. The predicted octanol–water partition coefficient (Wildman–Crippen LogP) is 3.81. The molecule has 1 aromatic heterocycles. The van der Waals surface area contributed by atoms with E-state index in [4.69, 9.17) is 5.73 Å². The fourth-order valence-electron chi connectivity index (χ4n) is 2.64. The van der Waals surface area contributed by atoms with E-state index in [9.17, 15) is 0 Å². The summed E-state index contributed by atoms with van der Waals surface area (Å²) in [5.41, 5.74) is 7.99. The summed E-state index contributed by atoms with van der Waals surface area (Å²) >= 11 is 0. The van der Waals surface area contributed by atoms with Crippen molar-refractivity contribution in [3.8, 4) is 0 Å². The summed E-state index contributed by atoms with van der Waals surface area (Å²) in [6.45, 7) is 2.25.